The highest BCUT2D eigenvalue weighted by molar-refractivity contribution is 5.76. The minimum absolute atomic E-state index is 0.0621. The zero-order valence-corrected chi connectivity index (χ0v) is 18.1. The first-order valence-electron chi connectivity index (χ1n) is 11.1. The maximum absolute atomic E-state index is 13.0. The smallest absolute Gasteiger partial charge is 0.222 e. The van der Waals surface area contributed by atoms with E-state index in [1.807, 2.05) is 17.9 Å². The van der Waals surface area contributed by atoms with Gasteiger partial charge in [0.25, 0.3) is 0 Å². The minimum Gasteiger partial charge on any atom is -0.379 e. The number of likely N-dealkylation sites (tertiary alicyclic amines) is 2. The quantitative estimate of drug-likeness (QED) is 0.700. The number of carbonyl (C=O) groups is 1. The van der Waals surface area contributed by atoms with Crippen molar-refractivity contribution in [3.63, 3.8) is 0 Å². The summed E-state index contributed by atoms with van der Waals surface area (Å²) in [6.07, 6.45) is 3.68. The van der Waals surface area contributed by atoms with Gasteiger partial charge in [0.1, 0.15) is 5.76 Å². The Balaban J connectivity index is 1.24. The lowest BCUT2D eigenvalue weighted by atomic mass is 9.92. The Hall–Kier alpha value is -2.18. The molecule has 0 radical (unpaired) electrons. The zero-order valence-electron chi connectivity index (χ0n) is 18.1. The predicted molar refractivity (Wildman–Crippen MR) is 115 cm³/mol. The summed E-state index contributed by atoms with van der Waals surface area (Å²) in [6, 6.07) is 12.6. The number of methoxy groups -OCH3 is 1. The van der Waals surface area contributed by atoms with Crippen LogP contribution in [0.25, 0.3) is 0 Å². The van der Waals surface area contributed by atoms with Crippen LogP contribution >= 0.6 is 0 Å². The van der Waals surface area contributed by atoms with Crippen LogP contribution < -0.4 is 0 Å². The van der Waals surface area contributed by atoms with Gasteiger partial charge >= 0.3 is 0 Å². The number of aryl methyl sites for hydroxylation is 1. The predicted octanol–water partition coefficient (Wildman–Crippen LogP) is 3.30. The summed E-state index contributed by atoms with van der Waals surface area (Å²) in [4.78, 5) is 17.5. The number of carbonyl (C=O) groups excluding carboxylic acids is 1. The van der Waals surface area contributed by atoms with Crippen molar-refractivity contribution in [3.8, 4) is 0 Å². The zero-order chi connectivity index (χ0) is 20.9. The molecule has 0 unspecified atom stereocenters. The summed E-state index contributed by atoms with van der Waals surface area (Å²) in [5.74, 6) is 1.90. The molecule has 2 aliphatic heterocycles. The number of rotatable bonds is 7. The molecule has 2 atom stereocenters. The number of hydrogen-bond acceptors (Lipinski definition) is 5. The van der Waals surface area contributed by atoms with Gasteiger partial charge in [0.15, 0.2) is 0 Å². The lowest BCUT2D eigenvalue weighted by molar-refractivity contribution is -0.132. The van der Waals surface area contributed by atoms with E-state index in [-0.39, 0.29) is 17.9 Å². The van der Waals surface area contributed by atoms with Crippen LogP contribution in [0.5, 0.6) is 0 Å². The SMILES string of the molecule is CO[C@H]1CN(C(=O)CC2CCN(Cc3ccccc3)CC2)C[C@H]1Cc1cc(C)no1. The number of nitrogens with zero attached hydrogens (tertiary/aromatic N) is 3. The van der Waals surface area contributed by atoms with Gasteiger partial charge in [0, 0.05) is 51.6 Å². The Kier molecular flexibility index (Phi) is 6.85. The Morgan fingerprint density at radius 3 is 2.63 bits per heavy atom. The van der Waals surface area contributed by atoms with E-state index in [2.05, 4.69) is 40.4 Å². The fraction of sp³-hybridized carbons (Fsp3) is 0.583. The molecule has 0 N–H and O–H groups in total. The molecular formula is C24H33N3O3. The number of aromatic nitrogens is 1. The molecule has 0 aliphatic carbocycles. The second kappa shape index (κ2) is 9.75. The van der Waals surface area contributed by atoms with Crippen LogP contribution in [0.4, 0.5) is 0 Å². The summed E-state index contributed by atoms with van der Waals surface area (Å²) in [6.45, 7) is 6.49. The van der Waals surface area contributed by atoms with Gasteiger partial charge in [0.05, 0.1) is 11.8 Å². The van der Waals surface area contributed by atoms with Gasteiger partial charge in [-0.3, -0.25) is 9.69 Å². The molecule has 1 aromatic heterocycles. The molecule has 0 spiro atoms. The number of amides is 1. The third kappa shape index (κ3) is 5.29. The second-order valence-corrected chi connectivity index (χ2v) is 8.88. The number of ether oxygens (including phenoxy) is 1. The third-order valence-corrected chi connectivity index (χ3v) is 6.60. The van der Waals surface area contributed by atoms with Crippen molar-refractivity contribution in [1.29, 1.82) is 0 Å². The largest absolute Gasteiger partial charge is 0.379 e. The molecule has 2 saturated heterocycles. The van der Waals surface area contributed by atoms with Crippen LogP contribution in [0.3, 0.4) is 0 Å². The van der Waals surface area contributed by atoms with E-state index in [4.69, 9.17) is 9.26 Å². The van der Waals surface area contributed by atoms with Gasteiger partial charge in [-0.1, -0.05) is 35.5 Å². The molecule has 2 fully saturated rings. The van der Waals surface area contributed by atoms with E-state index in [1.165, 1.54) is 5.56 Å². The summed E-state index contributed by atoms with van der Waals surface area (Å²) in [5, 5.41) is 3.97. The fourth-order valence-electron chi connectivity index (χ4n) is 4.85. The molecule has 6 nitrogen and oxygen atoms in total. The first-order chi connectivity index (χ1) is 14.6. The van der Waals surface area contributed by atoms with Crippen molar-refractivity contribution in [2.24, 2.45) is 11.8 Å². The molecule has 6 heteroatoms. The highest BCUT2D eigenvalue weighted by Gasteiger charge is 2.36. The molecule has 4 rings (SSSR count). The van der Waals surface area contributed by atoms with Crippen molar-refractivity contribution >= 4 is 5.91 Å². The standard InChI is InChI=1S/C24H33N3O3/c1-18-12-22(30-25-18)14-21-16-27(17-23(21)29-2)24(28)13-19-8-10-26(11-9-19)15-20-6-4-3-5-7-20/h3-7,12,19,21,23H,8-11,13-17H2,1-2H3/t21-,23+/m1/s1. The highest BCUT2D eigenvalue weighted by atomic mass is 16.5. The number of piperidine rings is 1. The van der Waals surface area contributed by atoms with E-state index >= 15 is 0 Å². The lowest BCUT2D eigenvalue weighted by Crippen LogP contribution is -2.36. The van der Waals surface area contributed by atoms with Gasteiger partial charge in [-0.05, 0) is 44.3 Å². The average Bonchev–Trinajstić information content (AvgIpc) is 3.36. The molecule has 0 bridgehead atoms. The topological polar surface area (TPSA) is 58.8 Å². The monoisotopic (exact) mass is 411 g/mol. The molecule has 2 aliphatic rings. The summed E-state index contributed by atoms with van der Waals surface area (Å²) in [5.41, 5.74) is 2.26. The minimum atomic E-state index is 0.0621. The first-order valence-corrected chi connectivity index (χ1v) is 11.1. The first kappa shape index (κ1) is 21.1. The van der Waals surface area contributed by atoms with Crippen LogP contribution in [0.2, 0.25) is 0 Å². The maximum Gasteiger partial charge on any atom is 0.222 e. The summed E-state index contributed by atoms with van der Waals surface area (Å²) >= 11 is 0. The van der Waals surface area contributed by atoms with E-state index < -0.39 is 0 Å². The van der Waals surface area contributed by atoms with E-state index in [0.717, 1.165) is 56.9 Å². The van der Waals surface area contributed by atoms with E-state index in [0.29, 0.717) is 18.9 Å². The Labute approximate surface area is 179 Å². The van der Waals surface area contributed by atoms with Crippen LogP contribution in [0.15, 0.2) is 40.9 Å². The van der Waals surface area contributed by atoms with Crippen molar-refractivity contribution < 1.29 is 14.1 Å². The summed E-state index contributed by atoms with van der Waals surface area (Å²) in [7, 11) is 1.74. The van der Waals surface area contributed by atoms with Crippen molar-refractivity contribution in [1.82, 2.24) is 15.0 Å². The van der Waals surface area contributed by atoms with Gasteiger partial charge in [-0.25, -0.2) is 0 Å². The van der Waals surface area contributed by atoms with Crippen molar-refractivity contribution in [2.75, 3.05) is 33.3 Å². The normalized spacial score (nSPS) is 23.2. The van der Waals surface area contributed by atoms with Crippen molar-refractivity contribution in [3.05, 3.63) is 53.4 Å². The van der Waals surface area contributed by atoms with Crippen LogP contribution in [-0.4, -0.2) is 60.3 Å². The van der Waals surface area contributed by atoms with Gasteiger partial charge in [-0.15, -0.1) is 0 Å². The number of benzene rings is 1. The lowest BCUT2D eigenvalue weighted by Gasteiger charge is -2.32. The van der Waals surface area contributed by atoms with Crippen LogP contribution in [0.1, 0.15) is 36.3 Å². The van der Waals surface area contributed by atoms with Gasteiger partial charge < -0.3 is 14.2 Å². The fourth-order valence-corrected chi connectivity index (χ4v) is 4.85. The van der Waals surface area contributed by atoms with Crippen LogP contribution in [-0.2, 0) is 22.5 Å². The molecule has 2 aromatic rings. The van der Waals surface area contributed by atoms with Gasteiger partial charge in [-0.2, -0.15) is 0 Å². The third-order valence-electron chi connectivity index (χ3n) is 6.60. The Morgan fingerprint density at radius 1 is 1.20 bits per heavy atom. The maximum atomic E-state index is 13.0. The molecular weight excluding hydrogens is 378 g/mol. The second-order valence-electron chi connectivity index (χ2n) is 8.88. The Morgan fingerprint density at radius 2 is 1.97 bits per heavy atom. The van der Waals surface area contributed by atoms with Crippen molar-refractivity contribution in [2.45, 2.75) is 45.3 Å². The molecule has 1 amide bonds. The van der Waals surface area contributed by atoms with E-state index in [1.54, 1.807) is 7.11 Å². The van der Waals surface area contributed by atoms with Gasteiger partial charge in [0.2, 0.25) is 5.91 Å². The molecule has 3 heterocycles. The number of hydrogen-bond donors (Lipinski definition) is 0. The summed E-state index contributed by atoms with van der Waals surface area (Å²) < 4.78 is 11.1. The molecule has 162 valence electrons. The van der Waals surface area contributed by atoms with Crippen LogP contribution in [0, 0.1) is 18.8 Å². The van der Waals surface area contributed by atoms with E-state index in [9.17, 15) is 4.79 Å². The highest BCUT2D eigenvalue weighted by Crippen LogP contribution is 2.27. The molecule has 0 saturated carbocycles. The Bertz CT molecular complexity index is 814. The molecule has 30 heavy (non-hydrogen) atoms. The molecule has 1 aromatic carbocycles. The average molecular weight is 412 g/mol.